The van der Waals surface area contributed by atoms with Crippen LogP contribution in [0.25, 0.3) is 0 Å². The molecule has 6 heteroatoms. The van der Waals surface area contributed by atoms with Crippen LogP contribution in [0.1, 0.15) is 42.0 Å². The van der Waals surface area contributed by atoms with E-state index in [9.17, 15) is 5.11 Å². The number of aliphatic carboxylic acids is 1. The molecule has 1 fully saturated rings. The maximum absolute atomic E-state index is 10.5. The second kappa shape index (κ2) is 14.5. The van der Waals surface area contributed by atoms with Gasteiger partial charge in [0.25, 0.3) is 5.97 Å². The minimum absolute atomic E-state index is 0. The SMILES string of the molecule is CC(=O)O.Oc1ccccc1C=NC(c1ccccc1)(c1ccccc1)[C@@H]1CCCN1Cc1ccccc1.[Cu]. The number of rotatable bonds is 7. The van der Waals surface area contributed by atoms with Crippen LogP contribution in [0.3, 0.4) is 0 Å². The van der Waals surface area contributed by atoms with Crippen LogP contribution >= 0.6 is 0 Å². The Kier molecular flexibility index (Phi) is 11.1. The molecular weight excluding hydrogens is 536 g/mol. The zero-order valence-corrected chi connectivity index (χ0v) is 22.9. The molecule has 0 saturated carbocycles. The van der Waals surface area contributed by atoms with Gasteiger partial charge in [0.05, 0.1) is 0 Å². The Hall–Kier alpha value is -3.70. The van der Waals surface area contributed by atoms with Gasteiger partial charge in [0, 0.05) is 48.4 Å². The molecule has 1 aliphatic rings. The van der Waals surface area contributed by atoms with Crippen LogP contribution in [0.15, 0.2) is 120 Å². The number of hydrogen-bond acceptors (Lipinski definition) is 4. The summed E-state index contributed by atoms with van der Waals surface area (Å²) >= 11 is 0. The molecule has 4 aromatic carbocycles. The number of carboxylic acid groups (broad SMARTS) is 1. The molecule has 0 amide bonds. The number of aromatic hydroxyl groups is 1. The maximum Gasteiger partial charge on any atom is 0.300 e. The first-order chi connectivity index (χ1) is 18.5. The van der Waals surface area contributed by atoms with Crippen molar-refractivity contribution in [3.63, 3.8) is 0 Å². The molecule has 0 aromatic heterocycles. The van der Waals surface area contributed by atoms with Crippen molar-refractivity contribution in [1.82, 2.24) is 4.90 Å². The average molecular weight is 570 g/mol. The van der Waals surface area contributed by atoms with Gasteiger partial charge in [-0.25, -0.2) is 0 Å². The van der Waals surface area contributed by atoms with E-state index in [1.54, 1.807) is 6.07 Å². The van der Waals surface area contributed by atoms with Crippen LogP contribution in [0.5, 0.6) is 5.75 Å². The molecule has 205 valence electrons. The van der Waals surface area contributed by atoms with Crippen molar-refractivity contribution in [2.24, 2.45) is 4.99 Å². The van der Waals surface area contributed by atoms with Crippen LogP contribution in [-0.2, 0) is 33.9 Å². The van der Waals surface area contributed by atoms with Crippen molar-refractivity contribution in [3.8, 4) is 5.75 Å². The second-order valence-corrected chi connectivity index (χ2v) is 9.45. The molecule has 0 unspecified atom stereocenters. The topological polar surface area (TPSA) is 73.1 Å². The number of para-hydroxylation sites is 1. The first-order valence-corrected chi connectivity index (χ1v) is 12.9. The Morgan fingerprint density at radius 2 is 1.36 bits per heavy atom. The maximum atomic E-state index is 10.5. The summed E-state index contributed by atoms with van der Waals surface area (Å²) in [6.45, 7) is 3.01. The van der Waals surface area contributed by atoms with Gasteiger partial charge >= 0.3 is 0 Å². The van der Waals surface area contributed by atoms with E-state index >= 15 is 0 Å². The minimum atomic E-state index is -0.833. The van der Waals surface area contributed by atoms with E-state index < -0.39 is 11.5 Å². The van der Waals surface area contributed by atoms with Gasteiger partial charge in [-0.3, -0.25) is 14.7 Å². The Bertz CT molecular complexity index is 1290. The summed E-state index contributed by atoms with van der Waals surface area (Å²) in [6.07, 6.45) is 4.04. The molecule has 5 nitrogen and oxygen atoms in total. The van der Waals surface area contributed by atoms with Crippen molar-refractivity contribution in [3.05, 3.63) is 138 Å². The predicted octanol–water partition coefficient (Wildman–Crippen LogP) is 6.51. The summed E-state index contributed by atoms with van der Waals surface area (Å²) in [5.41, 5.74) is 3.77. The molecule has 1 heterocycles. The summed E-state index contributed by atoms with van der Waals surface area (Å²) in [4.78, 5) is 17.0. The van der Waals surface area contributed by atoms with E-state index in [-0.39, 0.29) is 28.9 Å². The molecule has 2 N–H and O–H groups in total. The minimum Gasteiger partial charge on any atom is -0.507 e. The third-order valence-electron chi connectivity index (χ3n) is 6.85. The fourth-order valence-electron chi connectivity index (χ4n) is 5.25. The number of phenols is 1. The normalized spacial score (nSPS) is 15.3. The van der Waals surface area contributed by atoms with E-state index in [1.165, 1.54) is 5.56 Å². The van der Waals surface area contributed by atoms with Crippen molar-refractivity contribution >= 4 is 12.2 Å². The third kappa shape index (κ3) is 7.45. The Morgan fingerprint density at radius 3 is 1.90 bits per heavy atom. The molecule has 0 aliphatic carbocycles. The zero-order valence-electron chi connectivity index (χ0n) is 22.0. The monoisotopic (exact) mass is 569 g/mol. The summed E-state index contributed by atoms with van der Waals surface area (Å²) in [6, 6.07) is 39.5. The van der Waals surface area contributed by atoms with E-state index in [2.05, 4.69) is 95.9 Å². The van der Waals surface area contributed by atoms with E-state index in [4.69, 9.17) is 14.9 Å². The Morgan fingerprint density at radius 1 is 0.872 bits per heavy atom. The van der Waals surface area contributed by atoms with Crippen molar-refractivity contribution in [1.29, 1.82) is 0 Å². The molecule has 1 saturated heterocycles. The van der Waals surface area contributed by atoms with Gasteiger partial charge in [0.15, 0.2) is 0 Å². The quantitative estimate of drug-likeness (QED) is 0.197. The Balaban J connectivity index is 0.000000788. The first kappa shape index (κ1) is 29.8. The molecule has 39 heavy (non-hydrogen) atoms. The zero-order chi connectivity index (χ0) is 26.8. The van der Waals surface area contributed by atoms with Gasteiger partial charge in [-0.2, -0.15) is 0 Å². The molecule has 1 atom stereocenters. The van der Waals surface area contributed by atoms with Crippen LogP contribution in [0, 0.1) is 0 Å². The number of likely N-dealkylation sites (tertiary alicyclic amines) is 1. The van der Waals surface area contributed by atoms with Crippen molar-refractivity contribution in [2.45, 2.75) is 37.9 Å². The number of nitrogens with zero attached hydrogens (tertiary/aromatic N) is 2. The van der Waals surface area contributed by atoms with Gasteiger partial charge in [-0.1, -0.05) is 103 Å². The number of hydrogen-bond donors (Lipinski definition) is 2. The molecular formula is C33H34CuN2O3. The van der Waals surface area contributed by atoms with Gasteiger partial charge in [-0.05, 0) is 48.2 Å². The number of carboxylic acids is 1. The summed E-state index contributed by atoms with van der Waals surface area (Å²) in [5.74, 6) is -0.589. The first-order valence-electron chi connectivity index (χ1n) is 12.9. The van der Waals surface area contributed by atoms with E-state index in [0.717, 1.165) is 49.5 Å². The van der Waals surface area contributed by atoms with Crippen LogP contribution in [-0.4, -0.2) is 39.9 Å². The van der Waals surface area contributed by atoms with Gasteiger partial charge in [0.2, 0.25) is 0 Å². The fraction of sp³-hybridized carbons (Fsp3) is 0.212. The third-order valence-corrected chi connectivity index (χ3v) is 6.85. The average Bonchev–Trinajstić information content (AvgIpc) is 3.40. The number of aliphatic imine (C=N–C) groups is 1. The van der Waals surface area contributed by atoms with E-state index in [1.807, 2.05) is 24.4 Å². The van der Waals surface area contributed by atoms with Crippen LogP contribution in [0.2, 0.25) is 0 Å². The summed E-state index contributed by atoms with van der Waals surface area (Å²) in [5, 5.41) is 17.9. The number of benzene rings is 4. The van der Waals surface area contributed by atoms with Crippen molar-refractivity contribution in [2.75, 3.05) is 6.54 Å². The number of phenolic OH excluding ortho intramolecular Hbond substituents is 1. The smallest absolute Gasteiger partial charge is 0.300 e. The predicted molar refractivity (Wildman–Crippen MR) is 153 cm³/mol. The second-order valence-electron chi connectivity index (χ2n) is 9.45. The standard InChI is InChI=1S/C31H30N2O.C2H4O2.Cu/c34-29-20-11-10-15-26(29)23-32-31(27-16-6-2-7-17-27,28-18-8-3-9-19-28)30-21-12-22-33(30)24-25-13-4-1-5-14-25;1-2(3)4;/h1-11,13-20,23,30,34H,12,21-22,24H2;1H3,(H,3,4);/t30-;;/m0../s1. The molecule has 1 aliphatic heterocycles. The number of carbonyl (C=O) groups is 1. The van der Waals surface area contributed by atoms with E-state index in [0.29, 0.717) is 0 Å². The summed E-state index contributed by atoms with van der Waals surface area (Å²) in [7, 11) is 0. The van der Waals surface area contributed by atoms with Crippen LogP contribution < -0.4 is 0 Å². The molecule has 5 rings (SSSR count). The molecule has 4 aromatic rings. The molecule has 0 bridgehead atoms. The largest absolute Gasteiger partial charge is 0.507 e. The molecule has 1 radical (unpaired) electrons. The summed E-state index contributed by atoms with van der Waals surface area (Å²) < 4.78 is 0. The van der Waals surface area contributed by atoms with Gasteiger partial charge in [-0.15, -0.1) is 0 Å². The van der Waals surface area contributed by atoms with Gasteiger partial charge in [0.1, 0.15) is 11.3 Å². The Labute approximate surface area is 241 Å². The van der Waals surface area contributed by atoms with Crippen molar-refractivity contribution < 1.29 is 32.1 Å². The fourth-order valence-corrected chi connectivity index (χ4v) is 5.25. The molecule has 0 spiro atoms. The van der Waals surface area contributed by atoms with Gasteiger partial charge < -0.3 is 10.2 Å². The van der Waals surface area contributed by atoms with Crippen LogP contribution in [0.4, 0.5) is 0 Å².